The van der Waals surface area contributed by atoms with E-state index in [1.54, 1.807) is 13.8 Å². The first-order valence-corrected chi connectivity index (χ1v) is 36.5. The van der Waals surface area contributed by atoms with E-state index in [1.165, 1.54) is 123 Å². The van der Waals surface area contributed by atoms with E-state index in [1.807, 2.05) is 34.1 Å². The molecule has 3 fully saturated rings. The minimum Gasteiger partial charge on any atom is -0.481 e. The monoisotopic (exact) mass is 1720 g/mol. The summed E-state index contributed by atoms with van der Waals surface area (Å²) in [6.07, 6.45) is 6.87. The lowest BCUT2D eigenvalue weighted by molar-refractivity contribution is -0.193. The predicted molar refractivity (Wildman–Crippen MR) is 419 cm³/mol. The molecule has 116 heavy (non-hydrogen) atoms. The molecule has 0 saturated carbocycles. The number of carboxylic acid groups (broad SMARTS) is 2. The highest BCUT2D eigenvalue weighted by Gasteiger charge is 2.25. The van der Waals surface area contributed by atoms with E-state index < -0.39 is 74.4 Å². The van der Waals surface area contributed by atoms with E-state index in [4.69, 9.17) is 80.3 Å². The number of anilines is 2. The number of nitrogens with one attached hydrogen (secondary N) is 2. The first-order valence-electron chi connectivity index (χ1n) is 34.6. The summed E-state index contributed by atoms with van der Waals surface area (Å²) in [7, 11) is 5.47. The second-order valence-electron chi connectivity index (χ2n) is 24.8. The summed E-state index contributed by atoms with van der Waals surface area (Å²) in [5, 5.41) is 55.2. The highest BCUT2D eigenvalue weighted by atomic mass is 79.9. The largest absolute Gasteiger partial charge is 0.481 e. The van der Waals surface area contributed by atoms with E-state index in [0.717, 1.165) is 85.9 Å². The lowest BCUT2D eigenvalue weighted by Gasteiger charge is -2.34. The van der Waals surface area contributed by atoms with Crippen LogP contribution in [0.25, 0.3) is 0 Å². The summed E-state index contributed by atoms with van der Waals surface area (Å²) < 4.78 is 60.8. The van der Waals surface area contributed by atoms with Crippen LogP contribution in [0, 0.1) is 68.6 Å². The predicted octanol–water partition coefficient (Wildman–Crippen LogP) is 4.14. The number of H-pyrrole nitrogens is 1. The molecule has 618 valence electrons. The van der Waals surface area contributed by atoms with Gasteiger partial charge in [-0.3, -0.25) is 65.7 Å². The van der Waals surface area contributed by atoms with Crippen LogP contribution in [-0.2, 0) is 81.9 Å². The van der Waals surface area contributed by atoms with Crippen molar-refractivity contribution in [3.63, 3.8) is 0 Å². The van der Waals surface area contributed by atoms with Crippen LogP contribution in [0.4, 0.5) is 29.2 Å². The van der Waals surface area contributed by atoms with Crippen molar-refractivity contribution in [1.29, 1.82) is 21.0 Å². The van der Waals surface area contributed by atoms with Crippen molar-refractivity contribution in [2.75, 3.05) is 49.1 Å². The van der Waals surface area contributed by atoms with E-state index in [9.17, 15) is 76.0 Å². The fourth-order valence-electron chi connectivity index (χ4n) is 10.5. The zero-order valence-electron chi connectivity index (χ0n) is 63.5. The van der Waals surface area contributed by atoms with Crippen LogP contribution >= 0.6 is 39.1 Å². The summed E-state index contributed by atoms with van der Waals surface area (Å²) >= 11 is 14.4. The molecule has 0 unspecified atom stereocenters. The molecule has 0 amide bonds. The number of piperidine rings is 3. The minimum absolute atomic E-state index is 0.00528. The van der Waals surface area contributed by atoms with E-state index in [-0.39, 0.29) is 89.7 Å². The topological polar surface area (TPSA) is 521 Å². The van der Waals surface area contributed by atoms with Gasteiger partial charge in [-0.15, -0.1) is 0 Å². The van der Waals surface area contributed by atoms with Gasteiger partial charge in [-0.2, -0.15) is 40.2 Å². The Bertz CT molecular complexity index is 5250. The summed E-state index contributed by atoms with van der Waals surface area (Å²) in [5.41, 5.74) is 16.8. The maximum absolute atomic E-state index is 13.7. The molecule has 3 atom stereocenters. The molecule has 3 aliphatic rings. The van der Waals surface area contributed by atoms with Gasteiger partial charge in [0.1, 0.15) is 45.2 Å². The number of aliphatic carboxylic acids is 2. The third-order valence-corrected chi connectivity index (χ3v) is 17.7. The first-order chi connectivity index (χ1) is 54.9. The molecule has 34 nitrogen and oxygen atoms in total. The summed E-state index contributed by atoms with van der Waals surface area (Å²) in [6.45, 7) is 7.68. The molecule has 3 aliphatic heterocycles. The maximum atomic E-state index is 13.7. The Morgan fingerprint density at radius 2 is 0.802 bits per heavy atom. The molecule has 0 radical (unpaired) electrons. The molecular weight excluding hydrogens is 1640 g/mol. The van der Waals surface area contributed by atoms with Crippen molar-refractivity contribution >= 4 is 75.0 Å². The number of nitrogens with two attached hydrogens (primary N) is 3. The van der Waals surface area contributed by atoms with Gasteiger partial charge in [-0.05, 0) is 140 Å². The Balaban J connectivity index is 0.000000473. The molecule has 4 aromatic carbocycles. The molecule has 0 spiro atoms. The van der Waals surface area contributed by atoms with Crippen LogP contribution in [0.15, 0.2) is 135 Å². The third kappa shape index (κ3) is 32.5. The minimum atomic E-state index is -0.745. The Hall–Kier alpha value is -12.5. The van der Waals surface area contributed by atoms with Crippen molar-refractivity contribution in [3.8, 4) is 24.3 Å². The van der Waals surface area contributed by atoms with Crippen molar-refractivity contribution in [3.05, 3.63) is 258 Å². The number of benzene rings is 4. The van der Waals surface area contributed by atoms with Gasteiger partial charge in [-0.25, -0.2) is 36.7 Å². The SMILES string of the molecule is CCC(=O)O.CCC(=O)O.Cn1c(=O)cc(Cl)[nH]c1=O.Cn1c(=O)cc(Cl)n(Cc2cc(F)ccc2C#N)c1=O.Cn1c(=O)cc(N2CCC[C@@H](N)C2)n(Cc2cc(F)ccc2C#N)c1=O.Cn1c(=O)cc(N2CCC[C@@H](N)C2)n(Cc2cc(F)ccc2C#N)c1=O.N#Cc1ccc(F)cc1CBr.N[C@@H]1CCCNC1.O=C=O.O=C=O. The Morgan fingerprint density at radius 1 is 0.491 bits per heavy atom. The Morgan fingerprint density at radius 3 is 1.09 bits per heavy atom. The molecule has 0 bridgehead atoms. The third-order valence-electron chi connectivity index (χ3n) is 16.6. The number of halogens is 7. The molecule has 0 aliphatic carbocycles. The number of nitrogens with zero attached hydrogens (tertiary/aromatic N) is 13. The van der Waals surface area contributed by atoms with Gasteiger partial charge >= 0.3 is 47.0 Å². The van der Waals surface area contributed by atoms with E-state index >= 15 is 0 Å². The average molecular weight is 1720 g/mol. The van der Waals surface area contributed by atoms with E-state index in [0.29, 0.717) is 77.0 Å². The molecule has 10 N–H and O–H groups in total. The highest BCUT2D eigenvalue weighted by Crippen LogP contribution is 2.23. The van der Waals surface area contributed by atoms with Crippen LogP contribution in [-0.4, -0.2) is 129 Å². The zero-order valence-corrected chi connectivity index (χ0v) is 66.6. The number of alkyl halides is 1. The van der Waals surface area contributed by atoms with Gasteiger partial charge in [0.25, 0.3) is 22.2 Å². The van der Waals surface area contributed by atoms with Crippen LogP contribution in [0.3, 0.4) is 0 Å². The standard InChI is InChI=1S/2C18H20FN5O2.C13H9ClFN3O2.C8H5BrFN.C5H5ClN2O2.C5H12N2.2C3H6O2.2CO2/c2*1-22-17(25)8-16(23-6-2-3-15(21)11-23)24(18(22)26)10-13-7-14(19)5-4-12(13)9-20;1-17-12(19)5-11(14)18(13(17)20)7-9-4-10(15)3-2-8(9)6-16;9-4-7-3-8(10)2-1-6(7)5-11;1-8-4(9)2-3(6)7-5(8)10;6-5-2-1-3-7-4-5;2*1-2-3(4)5;2*2-1-3/h2*4-5,7-8,15H,2-3,6,10-11,21H2,1H3;2-5H,7H2,1H3;1-3H,4H2;2H,1H3,(H,7,10);5,7H,1-4,6H2;2*2H2,1H3,(H,4,5);;/t2*15-;;;;5-;;;;/m11...1..../s1. The number of hydrogen-bond donors (Lipinski definition) is 7. The lowest BCUT2D eigenvalue weighted by atomic mass is 10.1. The van der Waals surface area contributed by atoms with Crippen molar-refractivity contribution in [1.82, 2.24) is 42.3 Å². The number of rotatable bonds is 11. The van der Waals surface area contributed by atoms with Gasteiger partial charge in [0.2, 0.25) is 0 Å². The number of carboxylic acids is 2. The van der Waals surface area contributed by atoms with Gasteiger partial charge in [0, 0.05) is 121 Å². The lowest BCUT2D eigenvalue weighted by Crippen LogP contribution is -2.47. The van der Waals surface area contributed by atoms with Gasteiger partial charge in [0.15, 0.2) is 0 Å². The fourth-order valence-corrected chi connectivity index (χ4v) is 11.3. The van der Waals surface area contributed by atoms with Gasteiger partial charge < -0.3 is 42.5 Å². The molecule has 7 heterocycles. The van der Waals surface area contributed by atoms with Crippen LogP contribution < -0.4 is 77.3 Å². The normalized spacial score (nSPS) is 13.9. The summed E-state index contributed by atoms with van der Waals surface area (Å²) in [6, 6.07) is 28.7. The Kier molecular flexibility index (Phi) is 44.0. The number of aromatic nitrogens is 8. The molecule has 3 saturated heterocycles. The van der Waals surface area contributed by atoms with Crippen molar-refractivity contribution in [2.45, 2.75) is 108 Å². The molecular formula is C75H83BrCl2F4N18O16. The zero-order chi connectivity index (χ0) is 87.6. The highest BCUT2D eigenvalue weighted by molar-refractivity contribution is 9.08. The number of carbonyl (C=O) groups is 2. The smallest absolute Gasteiger partial charge is 0.373 e. The summed E-state index contributed by atoms with van der Waals surface area (Å²) in [5.74, 6) is -2.40. The molecule has 8 aromatic rings. The number of carbonyl (C=O) groups excluding carboxylic acids is 4. The van der Waals surface area contributed by atoms with Crippen LogP contribution in [0.5, 0.6) is 0 Å². The maximum Gasteiger partial charge on any atom is 0.373 e. The van der Waals surface area contributed by atoms with Gasteiger partial charge in [0.05, 0.1) is 66.2 Å². The van der Waals surface area contributed by atoms with E-state index in [2.05, 4.69) is 26.2 Å². The van der Waals surface area contributed by atoms with Crippen molar-refractivity contribution in [2.24, 2.45) is 45.4 Å². The number of hydrogen-bond acceptors (Lipinski definition) is 24. The van der Waals surface area contributed by atoms with Crippen LogP contribution in [0.1, 0.15) is 110 Å². The molecule has 11 rings (SSSR count). The fraction of sp³-hybridized carbons (Fsp3) is 0.360. The van der Waals surface area contributed by atoms with Crippen LogP contribution in [0.2, 0.25) is 10.3 Å². The second-order valence-corrected chi connectivity index (χ2v) is 26.2. The average Bonchev–Trinajstić information content (AvgIpc) is 0.793. The molecule has 41 heteroatoms. The first kappa shape index (κ1) is 99.6. The second kappa shape index (κ2) is 51.3. The number of nitriles is 4. The molecule has 4 aromatic heterocycles. The quantitative estimate of drug-likeness (QED) is 0.0543. The van der Waals surface area contributed by atoms with Gasteiger partial charge in [-0.1, -0.05) is 53.0 Å². The summed E-state index contributed by atoms with van der Waals surface area (Å²) in [4.78, 5) is 152. The number of aromatic amines is 1. The van der Waals surface area contributed by atoms with Crippen molar-refractivity contribution < 1.29 is 56.5 Å². The Labute approximate surface area is 677 Å².